The van der Waals surface area contributed by atoms with Crippen molar-refractivity contribution in [3.63, 3.8) is 0 Å². The van der Waals surface area contributed by atoms with E-state index < -0.39 is 0 Å². The van der Waals surface area contributed by atoms with Gasteiger partial charge in [0.05, 0.1) is 22.8 Å². The number of carbonyl (C=O) groups is 2. The van der Waals surface area contributed by atoms with Gasteiger partial charge in [0.15, 0.2) is 0 Å². The molecule has 0 unspecified atom stereocenters. The van der Waals surface area contributed by atoms with E-state index in [-0.39, 0.29) is 36.2 Å². The van der Waals surface area contributed by atoms with Crippen LogP contribution in [0.25, 0.3) is 5.69 Å². The van der Waals surface area contributed by atoms with Crippen molar-refractivity contribution < 1.29 is 9.59 Å². The molecule has 0 aliphatic carbocycles. The summed E-state index contributed by atoms with van der Waals surface area (Å²) in [5, 5.41) is 0. The first-order chi connectivity index (χ1) is 17.9. The second kappa shape index (κ2) is 10.7. The molecule has 0 fully saturated rings. The number of hydrogen-bond acceptors (Lipinski definition) is 3. The van der Waals surface area contributed by atoms with Gasteiger partial charge in [-0.3, -0.25) is 14.5 Å². The molecule has 2 heterocycles. The number of hydrogen-bond donors (Lipinski definition) is 0. The molecule has 3 aromatic carbocycles. The van der Waals surface area contributed by atoms with Crippen LogP contribution in [-0.2, 0) is 9.59 Å². The predicted molar refractivity (Wildman–Crippen MR) is 150 cm³/mol. The van der Waals surface area contributed by atoms with Crippen LogP contribution in [0.15, 0.2) is 102 Å². The van der Waals surface area contributed by atoms with Crippen LogP contribution >= 0.6 is 11.8 Å². The van der Waals surface area contributed by atoms with Gasteiger partial charge in [-0.1, -0.05) is 60.2 Å². The fourth-order valence-corrected chi connectivity index (χ4v) is 5.66. The number of aromatic nitrogens is 1. The number of anilines is 1. The normalized spacial score (nSPS) is 14.3. The summed E-state index contributed by atoms with van der Waals surface area (Å²) < 4.78 is 2.16. The van der Waals surface area contributed by atoms with E-state index in [0.717, 1.165) is 27.5 Å². The Morgan fingerprint density at radius 1 is 0.865 bits per heavy atom. The Morgan fingerprint density at radius 3 is 2.24 bits per heavy atom. The lowest BCUT2D eigenvalue weighted by Crippen LogP contribution is -2.49. The first-order valence-corrected chi connectivity index (χ1v) is 13.5. The van der Waals surface area contributed by atoms with Crippen molar-refractivity contribution in [2.75, 3.05) is 17.2 Å². The molecule has 5 rings (SSSR count). The minimum atomic E-state index is -0.291. The summed E-state index contributed by atoms with van der Waals surface area (Å²) in [6, 6.07) is 29.9. The standard InChI is InChI=1S/C31H31N3O2S/c1-22(2)33(30(36)21-37-25-10-5-4-6-11-25)20-29(35)34-27-13-8-7-12-26(27)32-19-9-14-28(32)31(34)24-17-15-23(3)16-18-24/h4-19,22,31H,20-21H2,1-3H3/t31-/m1/s1. The maximum absolute atomic E-state index is 14.2. The smallest absolute Gasteiger partial charge is 0.247 e. The zero-order valence-corrected chi connectivity index (χ0v) is 22.2. The van der Waals surface area contributed by atoms with Crippen LogP contribution in [0.3, 0.4) is 0 Å². The number of carbonyl (C=O) groups excluding carboxylic acids is 2. The number of para-hydroxylation sites is 2. The van der Waals surface area contributed by atoms with Crippen LogP contribution in [-0.4, -0.2) is 39.6 Å². The van der Waals surface area contributed by atoms with Gasteiger partial charge in [-0.05, 0) is 62.7 Å². The third kappa shape index (κ3) is 5.07. The van der Waals surface area contributed by atoms with E-state index in [4.69, 9.17) is 0 Å². The Balaban J connectivity index is 1.47. The summed E-state index contributed by atoms with van der Waals surface area (Å²) in [7, 11) is 0. The summed E-state index contributed by atoms with van der Waals surface area (Å²) in [6.07, 6.45) is 2.04. The molecule has 1 aliphatic heterocycles. The van der Waals surface area contributed by atoms with Gasteiger partial charge >= 0.3 is 0 Å². The molecule has 6 heteroatoms. The van der Waals surface area contributed by atoms with Crippen LogP contribution in [0.1, 0.15) is 36.7 Å². The number of benzene rings is 3. The molecule has 0 radical (unpaired) electrons. The Bertz CT molecular complexity index is 1400. The Morgan fingerprint density at radius 2 is 1.54 bits per heavy atom. The third-order valence-electron chi connectivity index (χ3n) is 6.74. The lowest BCUT2D eigenvalue weighted by molar-refractivity contribution is -0.134. The molecule has 1 atom stereocenters. The SMILES string of the molecule is Cc1ccc([C@@H]2c3cccn3-c3ccccc3N2C(=O)CN(C(=O)CSc2ccccc2)C(C)C)cc1. The molecule has 0 spiro atoms. The number of rotatable bonds is 7. The number of nitrogens with zero attached hydrogens (tertiary/aromatic N) is 3. The fourth-order valence-electron chi connectivity index (χ4n) is 4.85. The minimum Gasteiger partial charge on any atom is -0.330 e. The molecule has 1 aliphatic rings. The van der Waals surface area contributed by atoms with Crippen LogP contribution in [0, 0.1) is 6.92 Å². The summed E-state index contributed by atoms with van der Waals surface area (Å²) in [6.45, 7) is 6.00. The largest absolute Gasteiger partial charge is 0.330 e. The molecule has 2 amide bonds. The highest BCUT2D eigenvalue weighted by Gasteiger charge is 2.37. The maximum Gasteiger partial charge on any atom is 0.247 e. The first-order valence-electron chi connectivity index (χ1n) is 12.6. The molecular formula is C31H31N3O2S. The monoisotopic (exact) mass is 509 g/mol. The number of aryl methyl sites for hydroxylation is 1. The van der Waals surface area contributed by atoms with E-state index in [1.54, 1.807) is 4.90 Å². The highest BCUT2D eigenvalue weighted by Crippen LogP contribution is 2.42. The molecule has 0 saturated heterocycles. The summed E-state index contributed by atoms with van der Waals surface area (Å²) in [5.74, 6) is 0.144. The van der Waals surface area contributed by atoms with Gasteiger partial charge in [0.2, 0.25) is 11.8 Å². The summed E-state index contributed by atoms with van der Waals surface area (Å²) >= 11 is 1.50. The number of thioether (sulfide) groups is 1. The van der Waals surface area contributed by atoms with Crippen molar-refractivity contribution in [1.82, 2.24) is 9.47 Å². The Kier molecular flexibility index (Phi) is 7.19. The van der Waals surface area contributed by atoms with Crippen LogP contribution in [0.4, 0.5) is 5.69 Å². The lowest BCUT2D eigenvalue weighted by atomic mass is 9.97. The van der Waals surface area contributed by atoms with Gasteiger partial charge in [0.25, 0.3) is 0 Å². The van der Waals surface area contributed by atoms with E-state index in [2.05, 4.69) is 41.8 Å². The Hall–Kier alpha value is -3.77. The third-order valence-corrected chi connectivity index (χ3v) is 7.73. The molecule has 1 aromatic heterocycles. The van der Waals surface area contributed by atoms with E-state index in [1.165, 1.54) is 17.3 Å². The summed E-state index contributed by atoms with van der Waals surface area (Å²) in [4.78, 5) is 32.1. The van der Waals surface area contributed by atoms with Crippen molar-refractivity contribution in [2.45, 2.75) is 37.8 Å². The predicted octanol–water partition coefficient (Wildman–Crippen LogP) is 6.25. The zero-order valence-electron chi connectivity index (χ0n) is 21.4. The van der Waals surface area contributed by atoms with Gasteiger partial charge in [0.1, 0.15) is 12.6 Å². The molecule has 188 valence electrons. The van der Waals surface area contributed by atoms with E-state index in [0.29, 0.717) is 0 Å². The van der Waals surface area contributed by atoms with Gasteiger partial charge < -0.3 is 9.47 Å². The van der Waals surface area contributed by atoms with Crippen LogP contribution < -0.4 is 4.90 Å². The average Bonchev–Trinajstić information content (AvgIpc) is 3.40. The number of fused-ring (bicyclic) bond motifs is 3. The Labute approximate surface area is 222 Å². The lowest BCUT2D eigenvalue weighted by Gasteiger charge is -2.40. The van der Waals surface area contributed by atoms with Gasteiger partial charge in [-0.2, -0.15) is 0 Å². The highest BCUT2D eigenvalue weighted by atomic mass is 32.2. The molecule has 37 heavy (non-hydrogen) atoms. The molecule has 0 N–H and O–H groups in total. The molecular weight excluding hydrogens is 478 g/mol. The van der Waals surface area contributed by atoms with Crippen molar-refractivity contribution >= 4 is 29.3 Å². The molecule has 0 bridgehead atoms. The molecule has 5 nitrogen and oxygen atoms in total. The minimum absolute atomic E-state index is 0.0171. The highest BCUT2D eigenvalue weighted by molar-refractivity contribution is 8.00. The van der Waals surface area contributed by atoms with Crippen LogP contribution in [0.2, 0.25) is 0 Å². The van der Waals surface area contributed by atoms with Crippen molar-refractivity contribution in [2.24, 2.45) is 0 Å². The fraction of sp³-hybridized carbons (Fsp3) is 0.226. The quantitative estimate of drug-likeness (QED) is 0.277. The van der Waals surface area contributed by atoms with Crippen LogP contribution in [0.5, 0.6) is 0 Å². The van der Waals surface area contributed by atoms with Crippen molar-refractivity contribution in [3.05, 3.63) is 114 Å². The van der Waals surface area contributed by atoms with Crippen molar-refractivity contribution in [1.29, 1.82) is 0 Å². The van der Waals surface area contributed by atoms with Gasteiger partial charge in [-0.25, -0.2) is 0 Å². The topological polar surface area (TPSA) is 45.6 Å². The van der Waals surface area contributed by atoms with E-state index in [9.17, 15) is 9.59 Å². The summed E-state index contributed by atoms with van der Waals surface area (Å²) in [5.41, 5.74) is 5.03. The molecule has 4 aromatic rings. The zero-order chi connectivity index (χ0) is 25.9. The van der Waals surface area contributed by atoms with Gasteiger partial charge in [0, 0.05) is 17.1 Å². The average molecular weight is 510 g/mol. The second-order valence-corrected chi connectivity index (χ2v) is 10.6. The first kappa shape index (κ1) is 24.9. The van der Waals surface area contributed by atoms with E-state index in [1.807, 2.05) is 85.6 Å². The number of amides is 2. The molecule has 0 saturated carbocycles. The maximum atomic E-state index is 14.2. The van der Waals surface area contributed by atoms with Crippen molar-refractivity contribution in [3.8, 4) is 5.69 Å². The second-order valence-electron chi connectivity index (χ2n) is 9.59. The van der Waals surface area contributed by atoms with Gasteiger partial charge in [-0.15, -0.1) is 11.8 Å². The van der Waals surface area contributed by atoms with E-state index >= 15 is 0 Å².